The molecule has 1 fully saturated rings. The second kappa shape index (κ2) is 10.2. The average Bonchev–Trinajstić information content (AvgIpc) is 2.78. The topological polar surface area (TPSA) is 49.4 Å². The van der Waals surface area contributed by atoms with Crippen LogP contribution in [0.1, 0.15) is 50.7 Å². The molecule has 1 aliphatic rings. The van der Waals surface area contributed by atoms with Gasteiger partial charge in [0.15, 0.2) is 0 Å². The zero-order chi connectivity index (χ0) is 20.6. The molecule has 3 rings (SSSR count). The summed E-state index contributed by atoms with van der Waals surface area (Å²) in [5, 5.41) is 3.04. The Morgan fingerprint density at radius 3 is 2.07 bits per heavy atom. The standard InChI is InChI=1S/C25H32N2O2/c1-3-19-10-16-23(17-11-19)26-24(28)21-12-14-22(15-13-21)25(29)27(4-2)18-20-8-6-5-7-9-20/h5-11,16-17,21-22H,3-4,12-15,18H2,1-2H3,(H,26,28). The number of amides is 2. The van der Waals surface area contributed by atoms with Gasteiger partial charge in [0.05, 0.1) is 0 Å². The van der Waals surface area contributed by atoms with E-state index in [-0.39, 0.29) is 23.7 Å². The molecule has 0 unspecified atom stereocenters. The number of rotatable bonds is 7. The summed E-state index contributed by atoms with van der Waals surface area (Å²) in [6, 6.07) is 18.2. The van der Waals surface area contributed by atoms with Gasteiger partial charge in [-0.3, -0.25) is 9.59 Å². The van der Waals surface area contributed by atoms with Gasteiger partial charge < -0.3 is 10.2 Å². The van der Waals surface area contributed by atoms with Crippen LogP contribution in [0.3, 0.4) is 0 Å². The van der Waals surface area contributed by atoms with Crippen molar-refractivity contribution in [1.29, 1.82) is 0 Å². The van der Waals surface area contributed by atoms with E-state index in [1.165, 1.54) is 5.56 Å². The number of anilines is 1. The second-order valence-electron chi connectivity index (χ2n) is 7.93. The van der Waals surface area contributed by atoms with Crippen LogP contribution in [0.4, 0.5) is 5.69 Å². The molecule has 2 amide bonds. The smallest absolute Gasteiger partial charge is 0.227 e. The van der Waals surface area contributed by atoms with E-state index in [9.17, 15) is 9.59 Å². The maximum Gasteiger partial charge on any atom is 0.227 e. The summed E-state index contributed by atoms with van der Waals surface area (Å²) in [4.78, 5) is 27.6. The Labute approximate surface area is 174 Å². The summed E-state index contributed by atoms with van der Waals surface area (Å²) in [6.07, 6.45) is 4.12. The summed E-state index contributed by atoms with van der Waals surface area (Å²) < 4.78 is 0. The zero-order valence-electron chi connectivity index (χ0n) is 17.6. The highest BCUT2D eigenvalue weighted by molar-refractivity contribution is 5.92. The van der Waals surface area contributed by atoms with Crippen molar-refractivity contribution in [3.8, 4) is 0 Å². The largest absolute Gasteiger partial charge is 0.338 e. The lowest BCUT2D eigenvalue weighted by Crippen LogP contribution is -2.38. The summed E-state index contributed by atoms with van der Waals surface area (Å²) in [5.41, 5.74) is 3.27. The minimum Gasteiger partial charge on any atom is -0.338 e. The van der Waals surface area contributed by atoms with Gasteiger partial charge in [0.2, 0.25) is 11.8 Å². The fraction of sp³-hybridized carbons (Fsp3) is 0.440. The molecule has 29 heavy (non-hydrogen) atoms. The molecular weight excluding hydrogens is 360 g/mol. The van der Waals surface area contributed by atoms with Gasteiger partial charge in [0.1, 0.15) is 0 Å². The van der Waals surface area contributed by atoms with Crippen LogP contribution in [0.15, 0.2) is 54.6 Å². The van der Waals surface area contributed by atoms with Gasteiger partial charge in [-0.1, -0.05) is 49.4 Å². The quantitative estimate of drug-likeness (QED) is 0.717. The molecule has 0 bridgehead atoms. The van der Waals surface area contributed by atoms with Crippen LogP contribution in [-0.4, -0.2) is 23.3 Å². The Morgan fingerprint density at radius 1 is 0.862 bits per heavy atom. The number of aryl methyl sites for hydroxylation is 1. The van der Waals surface area contributed by atoms with Gasteiger partial charge >= 0.3 is 0 Å². The summed E-state index contributed by atoms with van der Waals surface area (Å²) in [7, 11) is 0. The highest BCUT2D eigenvalue weighted by Crippen LogP contribution is 2.31. The monoisotopic (exact) mass is 392 g/mol. The van der Waals surface area contributed by atoms with Crippen LogP contribution < -0.4 is 5.32 Å². The van der Waals surface area contributed by atoms with E-state index in [1.54, 1.807) is 0 Å². The molecule has 0 aliphatic heterocycles. The van der Waals surface area contributed by atoms with E-state index in [2.05, 4.69) is 36.5 Å². The first-order valence-corrected chi connectivity index (χ1v) is 10.8. The number of nitrogens with zero attached hydrogens (tertiary/aromatic N) is 1. The molecule has 2 aromatic carbocycles. The van der Waals surface area contributed by atoms with E-state index < -0.39 is 0 Å². The van der Waals surface area contributed by atoms with Crippen molar-refractivity contribution < 1.29 is 9.59 Å². The highest BCUT2D eigenvalue weighted by atomic mass is 16.2. The van der Waals surface area contributed by atoms with Crippen LogP contribution in [0, 0.1) is 11.8 Å². The Bertz CT molecular complexity index is 793. The molecule has 2 aromatic rings. The van der Waals surface area contributed by atoms with Crippen molar-refractivity contribution in [3.63, 3.8) is 0 Å². The molecule has 1 N–H and O–H groups in total. The fourth-order valence-electron chi connectivity index (χ4n) is 4.08. The normalized spacial score (nSPS) is 18.8. The molecule has 1 aliphatic carbocycles. The molecule has 4 nitrogen and oxygen atoms in total. The molecule has 4 heteroatoms. The predicted molar refractivity (Wildman–Crippen MR) is 117 cm³/mol. The van der Waals surface area contributed by atoms with Crippen LogP contribution >= 0.6 is 0 Å². The highest BCUT2D eigenvalue weighted by Gasteiger charge is 2.31. The van der Waals surface area contributed by atoms with Gasteiger partial charge in [-0.2, -0.15) is 0 Å². The zero-order valence-corrected chi connectivity index (χ0v) is 17.6. The van der Waals surface area contributed by atoms with Crippen LogP contribution in [0.25, 0.3) is 0 Å². The first kappa shape index (κ1) is 21.1. The van der Waals surface area contributed by atoms with Crippen molar-refractivity contribution in [2.45, 2.75) is 52.5 Å². The van der Waals surface area contributed by atoms with E-state index in [0.717, 1.165) is 43.4 Å². The molecule has 0 aromatic heterocycles. The van der Waals surface area contributed by atoms with Crippen LogP contribution in [0.2, 0.25) is 0 Å². The average molecular weight is 393 g/mol. The van der Waals surface area contributed by atoms with E-state index >= 15 is 0 Å². The lowest BCUT2D eigenvalue weighted by Gasteiger charge is -2.31. The number of nitrogens with one attached hydrogen (secondary N) is 1. The molecule has 154 valence electrons. The van der Waals surface area contributed by atoms with Gasteiger partial charge in [0, 0.05) is 30.6 Å². The van der Waals surface area contributed by atoms with Crippen molar-refractivity contribution in [1.82, 2.24) is 4.90 Å². The maximum absolute atomic E-state index is 13.0. The van der Waals surface area contributed by atoms with E-state index in [4.69, 9.17) is 0 Å². The molecule has 0 atom stereocenters. The number of hydrogen-bond donors (Lipinski definition) is 1. The number of carbonyl (C=O) groups excluding carboxylic acids is 2. The van der Waals surface area contributed by atoms with Crippen molar-refractivity contribution >= 4 is 17.5 Å². The van der Waals surface area contributed by atoms with Gasteiger partial charge in [-0.05, 0) is 62.3 Å². The molecule has 0 spiro atoms. The van der Waals surface area contributed by atoms with Crippen LogP contribution in [-0.2, 0) is 22.6 Å². The van der Waals surface area contributed by atoms with E-state index in [1.807, 2.05) is 42.2 Å². The number of benzene rings is 2. The second-order valence-corrected chi connectivity index (χ2v) is 7.93. The lowest BCUT2D eigenvalue weighted by atomic mass is 9.80. The fourth-order valence-corrected chi connectivity index (χ4v) is 4.08. The Hall–Kier alpha value is -2.62. The molecular formula is C25H32N2O2. The Morgan fingerprint density at radius 2 is 1.48 bits per heavy atom. The SMILES string of the molecule is CCc1ccc(NC(=O)C2CCC(C(=O)N(CC)Cc3ccccc3)CC2)cc1. The van der Waals surface area contributed by atoms with E-state index in [0.29, 0.717) is 13.1 Å². The molecule has 0 radical (unpaired) electrons. The van der Waals surface area contributed by atoms with Gasteiger partial charge in [-0.25, -0.2) is 0 Å². The third-order valence-corrected chi connectivity index (χ3v) is 5.99. The number of hydrogen-bond acceptors (Lipinski definition) is 2. The third kappa shape index (κ3) is 5.69. The first-order valence-electron chi connectivity index (χ1n) is 10.8. The Balaban J connectivity index is 1.50. The van der Waals surface area contributed by atoms with Crippen LogP contribution in [0.5, 0.6) is 0 Å². The molecule has 1 saturated carbocycles. The summed E-state index contributed by atoms with van der Waals surface area (Å²) in [6.45, 7) is 5.52. The lowest BCUT2D eigenvalue weighted by molar-refractivity contribution is -0.138. The third-order valence-electron chi connectivity index (χ3n) is 5.99. The van der Waals surface area contributed by atoms with Crippen molar-refractivity contribution in [3.05, 3.63) is 65.7 Å². The predicted octanol–water partition coefficient (Wildman–Crippen LogP) is 5.04. The minimum atomic E-state index is -0.00546. The minimum absolute atomic E-state index is 0.00546. The molecule has 0 saturated heterocycles. The maximum atomic E-state index is 13.0. The first-order chi connectivity index (χ1) is 14.1. The molecule has 0 heterocycles. The van der Waals surface area contributed by atoms with Crippen molar-refractivity contribution in [2.24, 2.45) is 11.8 Å². The van der Waals surface area contributed by atoms with Gasteiger partial charge in [-0.15, -0.1) is 0 Å². The summed E-state index contributed by atoms with van der Waals surface area (Å²) in [5.74, 6) is 0.336. The number of carbonyl (C=O) groups is 2. The van der Waals surface area contributed by atoms with Crippen molar-refractivity contribution in [2.75, 3.05) is 11.9 Å². The summed E-state index contributed by atoms with van der Waals surface area (Å²) >= 11 is 0. The Kier molecular flexibility index (Phi) is 7.45. The van der Waals surface area contributed by atoms with Gasteiger partial charge in [0.25, 0.3) is 0 Å².